The second kappa shape index (κ2) is 7.85. The quantitative estimate of drug-likeness (QED) is 0.862. The first kappa shape index (κ1) is 17.6. The Morgan fingerprint density at radius 1 is 1.46 bits per heavy atom. The lowest BCUT2D eigenvalue weighted by Crippen LogP contribution is -2.51. The number of carbonyl (C=O) groups is 1. The van der Waals surface area contributed by atoms with Crippen LogP contribution in [0.1, 0.15) is 46.7 Å². The standard InChI is InChI=1S/C18H24N4O3S/c1-22-17(13-4-2-3-5-14(13)21-22)18(23)20-15-9-24-7-6-16(15)25-8-12-10-26-11-19-12/h10-11,15-16H,2-9H2,1H3,(H,20,23)/t15-,16+/m1/s1. The van der Waals surface area contributed by atoms with Crippen molar-refractivity contribution in [1.82, 2.24) is 20.1 Å². The zero-order valence-electron chi connectivity index (χ0n) is 14.9. The van der Waals surface area contributed by atoms with E-state index in [9.17, 15) is 4.79 Å². The Morgan fingerprint density at radius 2 is 2.35 bits per heavy atom. The molecule has 0 saturated carbocycles. The predicted molar refractivity (Wildman–Crippen MR) is 97.2 cm³/mol. The highest BCUT2D eigenvalue weighted by atomic mass is 32.1. The molecule has 0 aromatic carbocycles. The predicted octanol–water partition coefficient (Wildman–Crippen LogP) is 1.86. The second-order valence-corrected chi connectivity index (χ2v) is 7.60. The molecule has 1 amide bonds. The molecule has 2 aliphatic rings. The van der Waals surface area contributed by atoms with Crippen LogP contribution in [-0.2, 0) is 36.0 Å². The lowest BCUT2D eigenvalue weighted by molar-refractivity contribution is -0.0612. The fraction of sp³-hybridized carbons (Fsp3) is 0.611. The van der Waals surface area contributed by atoms with Gasteiger partial charge in [-0.05, 0) is 32.1 Å². The van der Waals surface area contributed by atoms with Gasteiger partial charge in [0.15, 0.2) is 0 Å². The second-order valence-electron chi connectivity index (χ2n) is 6.88. The van der Waals surface area contributed by atoms with Crippen molar-refractivity contribution in [1.29, 1.82) is 0 Å². The van der Waals surface area contributed by atoms with Gasteiger partial charge in [0.2, 0.25) is 0 Å². The number of amides is 1. The fourth-order valence-electron chi connectivity index (χ4n) is 3.76. The van der Waals surface area contributed by atoms with Crippen molar-refractivity contribution in [2.75, 3.05) is 13.2 Å². The normalized spacial score (nSPS) is 22.8. The van der Waals surface area contributed by atoms with Gasteiger partial charge in [-0.3, -0.25) is 9.48 Å². The molecule has 1 aliphatic heterocycles. The van der Waals surface area contributed by atoms with Crippen LogP contribution in [0.3, 0.4) is 0 Å². The van der Waals surface area contributed by atoms with Gasteiger partial charge in [0.1, 0.15) is 5.69 Å². The molecule has 0 bridgehead atoms. The first-order valence-corrected chi connectivity index (χ1v) is 10.1. The van der Waals surface area contributed by atoms with Crippen molar-refractivity contribution in [2.45, 2.75) is 50.9 Å². The molecule has 2 aromatic heterocycles. The van der Waals surface area contributed by atoms with Crippen molar-refractivity contribution < 1.29 is 14.3 Å². The number of hydrogen-bond donors (Lipinski definition) is 1. The van der Waals surface area contributed by atoms with Gasteiger partial charge in [-0.15, -0.1) is 11.3 Å². The molecule has 4 rings (SSSR count). The van der Waals surface area contributed by atoms with Crippen molar-refractivity contribution in [3.63, 3.8) is 0 Å². The average Bonchev–Trinajstić information content (AvgIpc) is 3.27. The summed E-state index contributed by atoms with van der Waals surface area (Å²) in [6, 6.07) is -0.163. The third-order valence-corrected chi connectivity index (χ3v) is 5.71. The number of thiazole rings is 1. The van der Waals surface area contributed by atoms with Crippen LogP contribution >= 0.6 is 11.3 Å². The third kappa shape index (κ3) is 3.67. The van der Waals surface area contributed by atoms with Crippen LogP contribution in [-0.4, -0.2) is 46.0 Å². The summed E-state index contributed by atoms with van der Waals surface area (Å²) in [5.74, 6) is -0.0825. The Kier molecular flexibility index (Phi) is 5.33. The zero-order chi connectivity index (χ0) is 17.9. The van der Waals surface area contributed by atoms with Crippen LogP contribution in [0.4, 0.5) is 0 Å². The van der Waals surface area contributed by atoms with E-state index in [4.69, 9.17) is 9.47 Å². The van der Waals surface area contributed by atoms with Crippen LogP contribution in [0.2, 0.25) is 0 Å². The summed E-state index contributed by atoms with van der Waals surface area (Å²) in [5.41, 5.74) is 5.58. The lowest BCUT2D eigenvalue weighted by atomic mass is 9.95. The number of aryl methyl sites for hydroxylation is 2. The van der Waals surface area contributed by atoms with E-state index in [0.29, 0.717) is 25.5 Å². The number of nitrogens with zero attached hydrogens (tertiary/aromatic N) is 3. The number of rotatable bonds is 5. The Labute approximate surface area is 156 Å². The minimum atomic E-state index is -0.163. The van der Waals surface area contributed by atoms with E-state index in [2.05, 4.69) is 15.4 Å². The van der Waals surface area contributed by atoms with Crippen LogP contribution < -0.4 is 5.32 Å². The van der Waals surface area contributed by atoms with Crippen LogP contribution in [0.15, 0.2) is 10.9 Å². The van der Waals surface area contributed by atoms with Gasteiger partial charge < -0.3 is 14.8 Å². The number of carbonyl (C=O) groups excluding carboxylic acids is 1. The summed E-state index contributed by atoms with van der Waals surface area (Å²) >= 11 is 1.56. The minimum Gasteiger partial charge on any atom is -0.379 e. The van der Waals surface area contributed by atoms with Gasteiger partial charge in [0, 0.05) is 24.6 Å². The Bertz CT molecular complexity index is 759. The van der Waals surface area contributed by atoms with Gasteiger partial charge in [0.25, 0.3) is 5.91 Å². The minimum absolute atomic E-state index is 0.0709. The molecule has 1 saturated heterocycles. The van der Waals surface area contributed by atoms with E-state index < -0.39 is 0 Å². The maximum atomic E-state index is 13.0. The van der Waals surface area contributed by atoms with E-state index in [-0.39, 0.29) is 18.1 Å². The summed E-state index contributed by atoms with van der Waals surface area (Å²) in [7, 11) is 1.85. The van der Waals surface area contributed by atoms with Gasteiger partial charge in [-0.25, -0.2) is 4.98 Å². The van der Waals surface area contributed by atoms with Crippen LogP contribution in [0.25, 0.3) is 0 Å². The third-order valence-electron chi connectivity index (χ3n) is 5.07. The molecule has 0 radical (unpaired) electrons. The van der Waals surface area contributed by atoms with Crippen molar-refractivity contribution >= 4 is 17.2 Å². The molecule has 1 N–H and O–H groups in total. The maximum Gasteiger partial charge on any atom is 0.270 e. The number of hydrogen-bond acceptors (Lipinski definition) is 6. The average molecular weight is 376 g/mol. The molecule has 3 heterocycles. The first-order chi connectivity index (χ1) is 12.7. The molecular formula is C18H24N4O3S. The monoisotopic (exact) mass is 376 g/mol. The number of ether oxygens (including phenoxy) is 2. The molecule has 8 heteroatoms. The van der Waals surface area contributed by atoms with Gasteiger partial charge in [0.05, 0.1) is 42.3 Å². The summed E-state index contributed by atoms with van der Waals surface area (Å²) in [5, 5.41) is 9.65. The summed E-state index contributed by atoms with van der Waals surface area (Å²) in [4.78, 5) is 17.2. The molecular weight excluding hydrogens is 352 g/mol. The van der Waals surface area contributed by atoms with E-state index in [1.54, 1.807) is 21.5 Å². The largest absolute Gasteiger partial charge is 0.379 e. The summed E-state index contributed by atoms with van der Waals surface area (Å²) < 4.78 is 13.3. The molecule has 26 heavy (non-hydrogen) atoms. The number of fused-ring (bicyclic) bond motifs is 1. The highest BCUT2D eigenvalue weighted by Gasteiger charge is 2.31. The smallest absolute Gasteiger partial charge is 0.270 e. The van der Waals surface area contributed by atoms with Crippen LogP contribution in [0, 0.1) is 0 Å². The molecule has 0 unspecified atom stereocenters. The maximum absolute atomic E-state index is 13.0. The van der Waals surface area contributed by atoms with E-state index in [1.807, 2.05) is 12.4 Å². The SMILES string of the molecule is Cn1nc2c(c1C(=O)N[C@@H]1COCC[C@@H]1OCc1cscn1)CCCC2. The number of nitrogens with one attached hydrogen (secondary N) is 1. The first-order valence-electron chi connectivity index (χ1n) is 9.14. The van der Waals surface area contributed by atoms with Crippen molar-refractivity contribution in [2.24, 2.45) is 7.05 Å². The number of aromatic nitrogens is 3. The summed E-state index contributed by atoms with van der Waals surface area (Å²) in [6.07, 6.45) is 4.84. The molecule has 2 atom stereocenters. The van der Waals surface area contributed by atoms with E-state index in [1.165, 1.54) is 0 Å². The molecule has 0 spiro atoms. The molecule has 7 nitrogen and oxygen atoms in total. The lowest BCUT2D eigenvalue weighted by Gasteiger charge is -2.32. The van der Waals surface area contributed by atoms with E-state index in [0.717, 1.165) is 49.1 Å². The fourth-order valence-corrected chi connectivity index (χ4v) is 4.30. The van der Waals surface area contributed by atoms with Crippen molar-refractivity contribution in [3.05, 3.63) is 33.5 Å². The highest BCUT2D eigenvalue weighted by Crippen LogP contribution is 2.24. The Hall–Kier alpha value is -1.77. The van der Waals surface area contributed by atoms with E-state index >= 15 is 0 Å². The Morgan fingerprint density at radius 3 is 3.19 bits per heavy atom. The molecule has 1 aliphatic carbocycles. The molecule has 140 valence electrons. The highest BCUT2D eigenvalue weighted by molar-refractivity contribution is 7.07. The van der Waals surface area contributed by atoms with Gasteiger partial charge >= 0.3 is 0 Å². The van der Waals surface area contributed by atoms with Crippen molar-refractivity contribution in [3.8, 4) is 0 Å². The van der Waals surface area contributed by atoms with Gasteiger partial charge in [-0.1, -0.05) is 0 Å². The molecule has 1 fully saturated rings. The van der Waals surface area contributed by atoms with Gasteiger partial charge in [-0.2, -0.15) is 5.10 Å². The summed E-state index contributed by atoms with van der Waals surface area (Å²) in [6.45, 7) is 1.57. The zero-order valence-corrected chi connectivity index (χ0v) is 15.8. The topological polar surface area (TPSA) is 78.3 Å². The van der Waals surface area contributed by atoms with Crippen LogP contribution in [0.5, 0.6) is 0 Å². The molecule has 2 aromatic rings. The Balaban J connectivity index is 1.44.